The van der Waals surface area contributed by atoms with E-state index in [1.165, 1.54) is 31.2 Å². The Morgan fingerprint density at radius 3 is 2.59 bits per heavy atom. The summed E-state index contributed by atoms with van der Waals surface area (Å²) in [6.45, 7) is 3.21. The fourth-order valence-electron chi connectivity index (χ4n) is 2.63. The third-order valence-corrected chi connectivity index (χ3v) is 4.23. The topological polar surface area (TPSA) is 39.9 Å². The number of benzene rings is 1. The minimum absolute atomic E-state index is 0.627. The summed E-state index contributed by atoms with van der Waals surface area (Å²) >= 11 is 0. The lowest BCUT2D eigenvalue weighted by molar-refractivity contribution is 0.414. The minimum atomic E-state index is 0.627. The van der Waals surface area contributed by atoms with Gasteiger partial charge in [-0.1, -0.05) is 25.5 Å². The van der Waals surface area contributed by atoms with Crippen molar-refractivity contribution in [3.8, 4) is 5.75 Å². The number of rotatable bonds is 8. The second-order valence-corrected chi connectivity index (χ2v) is 6.09. The average Bonchev–Trinajstić information content (AvgIpc) is 3.33. The third kappa shape index (κ3) is 3.67. The summed E-state index contributed by atoms with van der Waals surface area (Å²) in [6.07, 6.45) is 6.83. The number of hydrogen-bond donors (Lipinski definition) is 0. The molecule has 2 aromatic rings. The molecule has 0 amide bonds. The molecule has 4 nitrogen and oxygen atoms in total. The standard InChI is InChI=1S/C18H25N3O/c1-3-4-13-21-17(19-18(20-21)15-8-9-15)12-7-14-5-10-16(22-2)11-6-14/h5-6,10-11,15H,3-4,7-9,12-13H2,1-2H3. The van der Waals surface area contributed by atoms with Gasteiger partial charge < -0.3 is 4.74 Å². The fourth-order valence-corrected chi connectivity index (χ4v) is 2.63. The molecule has 1 aliphatic carbocycles. The Labute approximate surface area is 132 Å². The van der Waals surface area contributed by atoms with Crippen molar-refractivity contribution < 1.29 is 4.74 Å². The summed E-state index contributed by atoms with van der Waals surface area (Å²) in [7, 11) is 1.70. The first kappa shape index (κ1) is 15.1. The van der Waals surface area contributed by atoms with Crippen molar-refractivity contribution in [2.24, 2.45) is 0 Å². The van der Waals surface area contributed by atoms with Crippen molar-refractivity contribution in [2.45, 2.75) is 57.9 Å². The molecule has 0 unspecified atom stereocenters. The van der Waals surface area contributed by atoms with E-state index in [0.29, 0.717) is 5.92 Å². The average molecular weight is 299 g/mol. The van der Waals surface area contributed by atoms with Gasteiger partial charge in [0, 0.05) is 18.9 Å². The van der Waals surface area contributed by atoms with Crippen molar-refractivity contribution in [2.75, 3.05) is 7.11 Å². The van der Waals surface area contributed by atoms with Crippen molar-refractivity contribution in [1.29, 1.82) is 0 Å². The van der Waals surface area contributed by atoms with Gasteiger partial charge >= 0.3 is 0 Å². The second-order valence-electron chi connectivity index (χ2n) is 6.09. The lowest BCUT2D eigenvalue weighted by Gasteiger charge is -2.06. The van der Waals surface area contributed by atoms with Gasteiger partial charge in [-0.2, -0.15) is 5.10 Å². The van der Waals surface area contributed by atoms with Gasteiger partial charge in [-0.15, -0.1) is 0 Å². The maximum absolute atomic E-state index is 5.21. The van der Waals surface area contributed by atoms with E-state index in [4.69, 9.17) is 14.8 Å². The Morgan fingerprint density at radius 2 is 1.95 bits per heavy atom. The van der Waals surface area contributed by atoms with Crippen molar-refractivity contribution in [3.63, 3.8) is 0 Å². The van der Waals surface area contributed by atoms with E-state index in [9.17, 15) is 0 Å². The summed E-state index contributed by atoms with van der Waals surface area (Å²) in [4.78, 5) is 4.80. The molecule has 0 spiro atoms. The second kappa shape index (κ2) is 6.95. The van der Waals surface area contributed by atoms with Crippen LogP contribution in [0.15, 0.2) is 24.3 Å². The molecule has 1 fully saturated rings. The highest BCUT2D eigenvalue weighted by Crippen LogP contribution is 2.38. The summed E-state index contributed by atoms with van der Waals surface area (Å²) < 4.78 is 7.35. The summed E-state index contributed by atoms with van der Waals surface area (Å²) in [5, 5.41) is 4.73. The Balaban J connectivity index is 1.66. The zero-order valence-electron chi connectivity index (χ0n) is 13.6. The first-order chi connectivity index (χ1) is 10.8. The highest BCUT2D eigenvalue weighted by Gasteiger charge is 2.28. The van der Waals surface area contributed by atoms with Crippen LogP contribution >= 0.6 is 0 Å². The van der Waals surface area contributed by atoms with Crippen LogP contribution in [0, 0.1) is 0 Å². The number of aryl methyl sites for hydroxylation is 3. The number of methoxy groups -OCH3 is 1. The van der Waals surface area contributed by atoms with E-state index in [2.05, 4.69) is 23.7 Å². The summed E-state index contributed by atoms with van der Waals surface area (Å²) in [5.74, 6) is 3.75. The van der Waals surface area contributed by atoms with Gasteiger partial charge in [-0.25, -0.2) is 9.67 Å². The van der Waals surface area contributed by atoms with E-state index in [1.807, 2.05) is 12.1 Å². The number of ether oxygens (including phenoxy) is 1. The number of aromatic nitrogens is 3. The fraction of sp³-hybridized carbons (Fsp3) is 0.556. The lowest BCUT2D eigenvalue weighted by atomic mass is 10.1. The first-order valence-electron chi connectivity index (χ1n) is 8.36. The molecule has 1 saturated carbocycles. The SMILES string of the molecule is CCCCn1nc(C2CC2)nc1CCc1ccc(OC)cc1. The first-order valence-corrected chi connectivity index (χ1v) is 8.36. The van der Waals surface area contributed by atoms with Crippen LogP contribution in [0.4, 0.5) is 0 Å². The molecule has 3 rings (SSSR count). The largest absolute Gasteiger partial charge is 0.497 e. The number of unbranched alkanes of at least 4 members (excludes halogenated alkanes) is 1. The monoisotopic (exact) mass is 299 g/mol. The van der Waals surface area contributed by atoms with Gasteiger partial charge in [0.05, 0.1) is 7.11 Å². The molecular formula is C18H25N3O. The maximum Gasteiger partial charge on any atom is 0.154 e. The highest BCUT2D eigenvalue weighted by atomic mass is 16.5. The van der Waals surface area contributed by atoms with Crippen LogP contribution in [-0.4, -0.2) is 21.9 Å². The summed E-state index contributed by atoms with van der Waals surface area (Å²) in [5.41, 5.74) is 1.32. The van der Waals surface area contributed by atoms with E-state index >= 15 is 0 Å². The minimum Gasteiger partial charge on any atom is -0.497 e. The van der Waals surface area contributed by atoms with Crippen LogP contribution in [0.5, 0.6) is 5.75 Å². The van der Waals surface area contributed by atoms with Crippen LogP contribution in [0.3, 0.4) is 0 Å². The molecule has 0 aliphatic heterocycles. The van der Waals surface area contributed by atoms with Crippen molar-refractivity contribution in [1.82, 2.24) is 14.8 Å². The van der Waals surface area contributed by atoms with Crippen LogP contribution < -0.4 is 4.74 Å². The van der Waals surface area contributed by atoms with Gasteiger partial charge in [0.2, 0.25) is 0 Å². The van der Waals surface area contributed by atoms with Gasteiger partial charge in [0.25, 0.3) is 0 Å². The molecule has 22 heavy (non-hydrogen) atoms. The molecular weight excluding hydrogens is 274 g/mol. The molecule has 0 saturated heterocycles. The normalized spacial score (nSPS) is 14.3. The molecule has 1 heterocycles. The van der Waals surface area contributed by atoms with E-state index in [0.717, 1.165) is 36.8 Å². The molecule has 0 bridgehead atoms. The quantitative estimate of drug-likeness (QED) is 0.745. The van der Waals surface area contributed by atoms with Crippen molar-refractivity contribution >= 4 is 0 Å². The van der Waals surface area contributed by atoms with E-state index in [-0.39, 0.29) is 0 Å². The van der Waals surface area contributed by atoms with Gasteiger partial charge in [0.1, 0.15) is 11.6 Å². The zero-order chi connectivity index (χ0) is 15.4. The molecule has 1 aromatic heterocycles. The smallest absolute Gasteiger partial charge is 0.154 e. The molecule has 1 aromatic carbocycles. The Morgan fingerprint density at radius 1 is 1.18 bits per heavy atom. The lowest BCUT2D eigenvalue weighted by Crippen LogP contribution is -2.07. The van der Waals surface area contributed by atoms with Crippen molar-refractivity contribution in [3.05, 3.63) is 41.5 Å². The molecule has 0 atom stereocenters. The molecule has 0 radical (unpaired) electrons. The van der Waals surface area contributed by atoms with E-state index < -0.39 is 0 Å². The molecule has 4 heteroatoms. The zero-order valence-corrected chi connectivity index (χ0v) is 13.6. The van der Waals surface area contributed by atoms with Crippen LogP contribution in [0.2, 0.25) is 0 Å². The highest BCUT2D eigenvalue weighted by molar-refractivity contribution is 5.27. The predicted octanol–water partition coefficient (Wildman–Crippen LogP) is 3.75. The Bertz CT molecular complexity index is 599. The Kier molecular flexibility index (Phi) is 4.76. The van der Waals surface area contributed by atoms with E-state index in [1.54, 1.807) is 7.11 Å². The predicted molar refractivity (Wildman–Crippen MR) is 87.3 cm³/mol. The summed E-state index contributed by atoms with van der Waals surface area (Å²) in [6, 6.07) is 8.31. The molecule has 0 N–H and O–H groups in total. The number of hydrogen-bond acceptors (Lipinski definition) is 3. The third-order valence-electron chi connectivity index (χ3n) is 4.23. The van der Waals surface area contributed by atoms with Crippen LogP contribution in [-0.2, 0) is 19.4 Å². The molecule has 118 valence electrons. The molecule has 1 aliphatic rings. The van der Waals surface area contributed by atoms with Gasteiger partial charge in [-0.05, 0) is 43.4 Å². The van der Waals surface area contributed by atoms with Crippen LogP contribution in [0.25, 0.3) is 0 Å². The van der Waals surface area contributed by atoms with Crippen LogP contribution in [0.1, 0.15) is 55.7 Å². The maximum atomic E-state index is 5.21. The Hall–Kier alpha value is -1.84. The number of nitrogens with zero attached hydrogens (tertiary/aromatic N) is 3. The van der Waals surface area contributed by atoms with Gasteiger partial charge in [-0.3, -0.25) is 0 Å². The van der Waals surface area contributed by atoms with Gasteiger partial charge in [0.15, 0.2) is 5.82 Å².